The topological polar surface area (TPSA) is 16.3 Å². The Kier molecular flexibility index (Phi) is 14.9. The van der Waals surface area contributed by atoms with Gasteiger partial charge in [-0.2, -0.15) is 0 Å². The zero-order valence-electron chi connectivity index (χ0n) is 57.7. The molecule has 4 nitrogen and oxygen atoms in total. The largest absolute Gasteiger partial charge is 0.311 e. The van der Waals surface area contributed by atoms with Crippen LogP contribution in [-0.4, -0.2) is 15.8 Å². The normalized spacial score (nSPS) is 12.4. The van der Waals surface area contributed by atoms with Gasteiger partial charge in [0.25, 0.3) is 6.71 Å². The number of rotatable bonds is 12. The van der Waals surface area contributed by atoms with Crippen molar-refractivity contribution in [1.29, 1.82) is 0 Å². The summed E-state index contributed by atoms with van der Waals surface area (Å²) in [6.07, 6.45) is 0. The molecule has 0 spiro atoms. The van der Waals surface area contributed by atoms with E-state index in [1.54, 1.807) is 0 Å². The summed E-state index contributed by atoms with van der Waals surface area (Å²) in [5.74, 6) is 0. The summed E-state index contributed by atoms with van der Waals surface area (Å²) in [4.78, 5) is 5.31. The number of aromatic nitrogens is 2. The number of nitrogens with zero attached hydrogens (tertiary/aromatic N) is 4. The van der Waals surface area contributed by atoms with Gasteiger partial charge in [-0.3, -0.25) is 0 Å². The van der Waals surface area contributed by atoms with Gasteiger partial charge in [-0.1, -0.05) is 324 Å². The maximum atomic E-state index is 2.66. The number of fused-ring (bicyclic) bond motifs is 6. The van der Waals surface area contributed by atoms with Gasteiger partial charge in [0.15, 0.2) is 0 Å². The van der Waals surface area contributed by atoms with Crippen LogP contribution in [0.4, 0.5) is 34.1 Å². The average molecular weight is 1320 g/mol. The van der Waals surface area contributed by atoms with Gasteiger partial charge >= 0.3 is 0 Å². The lowest BCUT2D eigenvalue weighted by Gasteiger charge is -2.46. The van der Waals surface area contributed by atoms with E-state index >= 15 is 0 Å². The number of hydrogen-bond acceptors (Lipinski definition) is 2. The highest BCUT2D eigenvalue weighted by Gasteiger charge is 2.46. The molecular formula is C98H71BN4. The fourth-order valence-corrected chi connectivity index (χ4v) is 16.5. The Balaban J connectivity index is 0.954. The lowest BCUT2D eigenvalue weighted by molar-refractivity contribution is 0.590. The molecule has 0 atom stereocenters. The minimum Gasteiger partial charge on any atom is -0.311 e. The monoisotopic (exact) mass is 1310 g/mol. The Morgan fingerprint density at radius 3 is 0.922 bits per heavy atom. The summed E-state index contributed by atoms with van der Waals surface area (Å²) in [7, 11) is 0. The third kappa shape index (κ3) is 10.4. The minimum atomic E-state index is -0.313. The maximum Gasteiger partial charge on any atom is 0.252 e. The zero-order valence-corrected chi connectivity index (χ0v) is 57.7. The van der Waals surface area contributed by atoms with Gasteiger partial charge in [0, 0.05) is 67.2 Å². The van der Waals surface area contributed by atoms with E-state index in [2.05, 4.69) is 416 Å². The lowest BCUT2D eigenvalue weighted by Crippen LogP contribution is -2.61. The summed E-state index contributed by atoms with van der Waals surface area (Å²) in [6, 6.07) is 140. The van der Waals surface area contributed by atoms with Gasteiger partial charge < -0.3 is 18.9 Å². The van der Waals surface area contributed by atoms with Crippen LogP contribution >= 0.6 is 0 Å². The van der Waals surface area contributed by atoms with E-state index in [1.165, 1.54) is 66.1 Å². The lowest BCUT2D eigenvalue weighted by atomic mass is 9.33. The van der Waals surface area contributed by atoms with Crippen LogP contribution in [0, 0.1) is 0 Å². The molecule has 4 heterocycles. The van der Waals surface area contributed by atoms with Crippen molar-refractivity contribution >= 4 is 79.0 Å². The first-order chi connectivity index (χ1) is 50.8. The average Bonchev–Trinajstić information content (AvgIpc) is 0.866. The molecule has 0 aliphatic carbocycles. The first-order valence-electron chi connectivity index (χ1n) is 35.8. The zero-order chi connectivity index (χ0) is 68.7. The van der Waals surface area contributed by atoms with Crippen molar-refractivity contribution in [3.63, 3.8) is 0 Å². The van der Waals surface area contributed by atoms with Gasteiger partial charge in [0.1, 0.15) is 0 Å². The molecule has 17 aromatic rings. The highest BCUT2D eigenvalue weighted by atomic mass is 15.2. The predicted molar refractivity (Wildman–Crippen MR) is 436 cm³/mol. The molecule has 103 heavy (non-hydrogen) atoms. The summed E-state index contributed by atoms with van der Waals surface area (Å²) in [6.45, 7) is 6.90. The van der Waals surface area contributed by atoms with E-state index in [-0.39, 0.29) is 12.1 Å². The molecule has 0 saturated carbocycles. The first-order valence-corrected chi connectivity index (χ1v) is 35.8. The molecule has 15 aromatic carbocycles. The summed E-state index contributed by atoms with van der Waals surface area (Å²) >= 11 is 0. The molecule has 2 aromatic heterocycles. The molecule has 0 N–H and O–H groups in total. The van der Waals surface area contributed by atoms with Crippen LogP contribution < -0.4 is 26.2 Å². The molecular weight excluding hydrogens is 1240 g/mol. The van der Waals surface area contributed by atoms with Gasteiger partial charge in [-0.25, -0.2) is 0 Å². The predicted octanol–water partition coefficient (Wildman–Crippen LogP) is 24.3. The third-order valence-electron chi connectivity index (χ3n) is 21.2. The fourth-order valence-electron chi connectivity index (χ4n) is 16.5. The van der Waals surface area contributed by atoms with Crippen LogP contribution in [0.15, 0.2) is 376 Å². The van der Waals surface area contributed by atoms with Gasteiger partial charge in [-0.05, 0) is 156 Å². The molecule has 19 rings (SSSR count). The summed E-state index contributed by atoms with van der Waals surface area (Å²) in [5.41, 5.74) is 34.2. The van der Waals surface area contributed by atoms with E-state index in [0.717, 1.165) is 112 Å². The smallest absolute Gasteiger partial charge is 0.252 e. The number of hydrogen-bond donors (Lipinski definition) is 0. The fraction of sp³-hybridized carbons (Fsp3) is 0.0408. The maximum absolute atomic E-state index is 2.66. The van der Waals surface area contributed by atoms with E-state index in [0.29, 0.717) is 0 Å². The molecule has 0 bridgehead atoms. The Labute approximate surface area is 602 Å². The SMILES string of the molecule is CC(C)(C)c1cc2c3c(c1)N(c1ccc(-c4ccccc4)cc1-c1ccccc1)c1cc(-n4c(-c5ccccc5)c(-c5ccccc5)c5ccccc54)ccc1B3c1ccc(-n3c(-c4ccccc4)c(-c4ccccc4)c4ccccc43)cc1N2c1ccc(-c2ccccc2)cc1-c1ccccc1. The molecule has 0 amide bonds. The van der Waals surface area contributed by atoms with Crippen molar-refractivity contribution in [1.82, 2.24) is 9.13 Å². The Morgan fingerprint density at radius 1 is 0.243 bits per heavy atom. The highest BCUT2D eigenvalue weighted by Crippen LogP contribution is 2.53. The van der Waals surface area contributed by atoms with Crippen molar-refractivity contribution in [2.45, 2.75) is 26.2 Å². The molecule has 2 aliphatic heterocycles. The second kappa shape index (κ2) is 25.0. The van der Waals surface area contributed by atoms with E-state index in [9.17, 15) is 0 Å². The Morgan fingerprint density at radius 2 is 0.563 bits per heavy atom. The molecule has 0 radical (unpaired) electrons. The van der Waals surface area contributed by atoms with E-state index < -0.39 is 0 Å². The molecule has 0 fully saturated rings. The highest BCUT2D eigenvalue weighted by molar-refractivity contribution is 7.00. The van der Waals surface area contributed by atoms with Crippen molar-refractivity contribution in [3.05, 3.63) is 382 Å². The molecule has 5 heteroatoms. The van der Waals surface area contributed by atoms with Gasteiger partial charge in [0.2, 0.25) is 0 Å². The van der Waals surface area contributed by atoms with Crippen LogP contribution in [0.5, 0.6) is 0 Å². The van der Waals surface area contributed by atoms with Crippen LogP contribution in [-0.2, 0) is 5.41 Å². The second-order valence-electron chi connectivity index (χ2n) is 28.3. The quantitative estimate of drug-likeness (QED) is 0.113. The van der Waals surface area contributed by atoms with Gasteiger partial charge in [0.05, 0.1) is 33.8 Å². The second-order valence-corrected chi connectivity index (χ2v) is 28.3. The van der Waals surface area contributed by atoms with E-state index in [1.807, 2.05) is 0 Å². The van der Waals surface area contributed by atoms with Gasteiger partial charge in [-0.15, -0.1) is 0 Å². The van der Waals surface area contributed by atoms with Crippen LogP contribution in [0.2, 0.25) is 0 Å². The molecule has 486 valence electrons. The van der Waals surface area contributed by atoms with Crippen molar-refractivity contribution in [2.75, 3.05) is 9.80 Å². The molecule has 0 saturated heterocycles. The minimum absolute atomic E-state index is 0.239. The number of benzene rings is 15. The van der Waals surface area contributed by atoms with Crippen LogP contribution in [0.3, 0.4) is 0 Å². The standard InChI is InChI=1S/C98H71BN4/c1-98(2,3)76-62-91-95-92(63-76)103(88-59-53-75(67-34-14-5-15-35-67)61-82(88)69-38-18-7-19-39-69)90-65-78(101-86-51-31-29-49-80(86)94(71-42-22-9-23-43-71)97(101)73-46-26-11-27-47-73)55-57-84(90)99(95)83-56-54-77(100-85-50-30-28-48-79(85)93(70-40-20-8-21-41-70)96(100)72-44-24-10-25-45-72)64-89(83)102(91)87-58-52-74(66-32-12-4-13-33-66)60-81(87)68-36-16-6-17-37-68/h4-65H,1-3H3. The van der Waals surface area contributed by atoms with Crippen molar-refractivity contribution in [3.8, 4) is 101 Å². The Hall–Kier alpha value is -13.0. The van der Waals surface area contributed by atoms with E-state index in [4.69, 9.17) is 0 Å². The first kappa shape index (κ1) is 61.2. The molecule has 2 aliphatic rings. The number of para-hydroxylation sites is 2. The van der Waals surface area contributed by atoms with Crippen molar-refractivity contribution < 1.29 is 0 Å². The number of anilines is 6. The van der Waals surface area contributed by atoms with Crippen molar-refractivity contribution in [2.24, 2.45) is 0 Å². The summed E-state index contributed by atoms with van der Waals surface area (Å²) in [5, 5.41) is 2.39. The van der Waals surface area contributed by atoms with Crippen LogP contribution in [0.25, 0.3) is 122 Å². The third-order valence-corrected chi connectivity index (χ3v) is 21.2. The van der Waals surface area contributed by atoms with Crippen LogP contribution in [0.1, 0.15) is 26.3 Å². The summed E-state index contributed by atoms with van der Waals surface area (Å²) < 4.78 is 5.08. The Bertz CT molecular complexity index is 5700. The molecule has 0 unspecified atom stereocenters.